The molecule has 2 rings (SSSR count). The Kier molecular flexibility index (Phi) is 5.07. The minimum Gasteiger partial charge on any atom is -0.455 e. The summed E-state index contributed by atoms with van der Waals surface area (Å²) in [6.45, 7) is 5.72. The van der Waals surface area contributed by atoms with Crippen LogP contribution < -0.4 is 10.1 Å². The van der Waals surface area contributed by atoms with Crippen LogP contribution in [0.25, 0.3) is 0 Å². The van der Waals surface area contributed by atoms with Gasteiger partial charge in [0, 0.05) is 18.8 Å². The van der Waals surface area contributed by atoms with E-state index in [0.717, 1.165) is 30.6 Å². The van der Waals surface area contributed by atoms with E-state index in [-0.39, 0.29) is 5.82 Å². The molecule has 4 heteroatoms. The third kappa shape index (κ3) is 4.03. The van der Waals surface area contributed by atoms with Gasteiger partial charge in [0.05, 0.1) is 6.20 Å². The van der Waals surface area contributed by atoms with Crippen LogP contribution in [0.4, 0.5) is 4.39 Å². The van der Waals surface area contributed by atoms with Gasteiger partial charge in [0.15, 0.2) is 0 Å². The molecule has 1 aromatic heterocycles. The molecule has 0 spiro atoms. The standard InChI is InChI=1S/C16H19FN2O/c1-3-6-18-9-13-7-15(11-19-10-13)20-16-8-14(17)5-4-12(16)2/h4-5,7-8,10-11,18H,3,6,9H2,1-2H3. The average molecular weight is 274 g/mol. The summed E-state index contributed by atoms with van der Waals surface area (Å²) in [6.07, 6.45) is 4.52. The topological polar surface area (TPSA) is 34.2 Å². The molecule has 0 amide bonds. The van der Waals surface area contributed by atoms with E-state index in [0.29, 0.717) is 11.5 Å². The molecule has 20 heavy (non-hydrogen) atoms. The van der Waals surface area contributed by atoms with Crippen LogP contribution in [-0.4, -0.2) is 11.5 Å². The van der Waals surface area contributed by atoms with E-state index in [1.807, 2.05) is 13.0 Å². The number of nitrogens with zero attached hydrogens (tertiary/aromatic N) is 1. The fourth-order valence-electron chi connectivity index (χ4n) is 1.84. The summed E-state index contributed by atoms with van der Waals surface area (Å²) in [5.74, 6) is 0.833. The van der Waals surface area contributed by atoms with Crippen LogP contribution in [0.3, 0.4) is 0 Å². The van der Waals surface area contributed by atoms with Gasteiger partial charge < -0.3 is 10.1 Å². The first-order valence-corrected chi connectivity index (χ1v) is 6.77. The van der Waals surface area contributed by atoms with Crippen molar-refractivity contribution in [3.63, 3.8) is 0 Å². The summed E-state index contributed by atoms with van der Waals surface area (Å²) in [4.78, 5) is 4.15. The Bertz CT molecular complexity index is 572. The Hall–Kier alpha value is -1.94. The fourth-order valence-corrected chi connectivity index (χ4v) is 1.84. The first-order valence-electron chi connectivity index (χ1n) is 6.77. The van der Waals surface area contributed by atoms with Crippen LogP contribution >= 0.6 is 0 Å². The molecule has 0 fully saturated rings. The van der Waals surface area contributed by atoms with Crippen molar-refractivity contribution in [2.24, 2.45) is 0 Å². The van der Waals surface area contributed by atoms with E-state index < -0.39 is 0 Å². The van der Waals surface area contributed by atoms with Crippen molar-refractivity contribution in [3.05, 3.63) is 53.6 Å². The monoisotopic (exact) mass is 274 g/mol. The second kappa shape index (κ2) is 7.01. The lowest BCUT2D eigenvalue weighted by atomic mass is 10.2. The number of benzene rings is 1. The van der Waals surface area contributed by atoms with Crippen molar-refractivity contribution in [2.75, 3.05) is 6.54 Å². The number of hydrogen-bond donors (Lipinski definition) is 1. The maximum absolute atomic E-state index is 13.2. The lowest BCUT2D eigenvalue weighted by molar-refractivity contribution is 0.469. The SMILES string of the molecule is CCCNCc1cncc(Oc2cc(F)ccc2C)c1. The smallest absolute Gasteiger partial charge is 0.146 e. The molecule has 0 saturated carbocycles. The molecule has 0 aliphatic carbocycles. The molecule has 1 heterocycles. The van der Waals surface area contributed by atoms with Crippen molar-refractivity contribution >= 4 is 0 Å². The van der Waals surface area contributed by atoms with Gasteiger partial charge >= 0.3 is 0 Å². The molecule has 0 saturated heterocycles. The molecule has 0 aliphatic rings. The molecule has 1 N–H and O–H groups in total. The summed E-state index contributed by atoms with van der Waals surface area (Å²) in [7, 11) is 0. The Balaban J connectivity index is 2.09. The number of halogens is 1. The maximum Gasteiger partial charge on any atom is 0.146 e. The van der Waals surface area contributed by atoms with Gasteiger partial charge in [0.25, 0.3) is 0 Å². The van der Waals surface area contributed by atoms with Crippen molar-refractivity contribution in [1.29, 1.82) is 0 Å². The van der Waals surface area contributed by atoms with Crippen molar-refractivity contribution in [3.8, 4) is 11.5 Å². The molecular formula is C16H19FN2O. The third-order valence-corrected chi connectivity index (χ3v) is 2.90. The summed E-state index contributed by atoms with van der Waals surface area (Å²) in [5, 5.41) is 3.31. The molecule has 0 bridgehead atoms. The van der Waals surface area contributed by atoms with E-state index in [1.165, 1.54) is 12.1 Å². The van der Waals surface area contributed by atoms with E-state index in [1.54, 1.807) is 18.5 Å². The van der Waals surface area contributed by atoms with Gasteiger partial charge in [0.2, 0.25) is 0 Å². The second-order valence-electron chi connectivity index (χ2n) is 4.72. The molecular weight excluding hydrogens is 255 g/mol. The van der Waals surface area contributed by atoms with Crippen LogP contribution in [0.1, 0.15) is 24.5 Å². The molecule has 3 nitrogen and oxygen atoms in total. The summed E-state index contributed by atoms with van der Waals surface area (Å²) >= 11 is 0. The van der Waals surface area contributed by atoms with Gasteiger partial charge in [-0.25, -0.2) is 4.39 Å². The van der Waals surface area contributed by atoms with E-state index in [4.69, 9.17) is 4.74 Å². The zero-order chi connectivity index (χ0) is 14.4. The first kappa shape index (κ1) is 14.5. The first-order chi connectivity index (χ1) is 9.69. The summed E-state index contributed by atoms with van der Waals surface area (Å²) in [5.41, 5.74) is 1.94. The van der Waals surface area contributed by atoms with Gasteiger partial charge in [-0.3, -0.25) is 4.98 Å². The van der Waals surface area contributed by atoms with Crippen LogP contribution in [0.5, 0.6) is 11.5 Å². The van der Waals surface area contributed by atoms with Gasteiger partial charge in [-0.2, -0.15) is 0 Å². The molecule has 0 radical (unpaired) electrons. The largest absolute Gasteiger partial charge is 0.455 e. The second-order valence-corrected chi connectivity index (χ2v) is 4.72. The summed E-state index contributed by atoms with van der Waals surface area (Å²) < 4.78 is 18.9. The quantitative estimate of drug-likeness (QED) is 0.813. The number of ether oxygens (including phenoxy) is 1. The predicted molar refractivity (Wildman–Crippen MR) is 77.4 cm³/mol. The Morgan fingerprint density at radius 2 is 2.10 bits per heavy atom. The molecule has 106 valence electrons. The summed E-state index contributed by atoms with van der Waals surface area (Å²) in [6, 6.07) is 6.42. The average Bonchev–Trinajstić information content (AvgIpc) is 2.44. The highest BCUT2D eigenvalue weighted by Crippen LogP contribution is 2.25. The van der Waals surface area contributed by atoms with Gasteiger partial charge in [-0.05, 0) is 43.1 Å². The highest BCUT2D eigenvalue weighted by atomic mass is 19.1. The number of pyridine rings is 1. The molecule has 1 aromatic carbocycles. The lowest BCUT2D eigenvalue weighted by Crippen LogP contribution is -2.13. The highest BCUT2D eigenvalue weighted by molar-refractivity contribution is 5.37. The Labute approximate surface area is 118 Å². The van der Waals surface area contributed by atoms with E-state index >= 15 is 0 Å². The predicted octanol–water partition coefficient (Wildman–Crippen LogP) is 3.82. The lowest BCUT2D eigenvalue weighted by Gasteiger charge is -2.10. The van der Waals surface area contributed by atoms with Gasteiger partial charge in [0.1, 0.15) is 17.3 Å². The van der Waals surface area contributed by atoms with Gasteiger partial charge in [-0.15, -0.1) is 0 Å². The van der Waals surface area contributed by atoms with Crippen LogP contribution in [-0.2, 0) is 6.54 Å². The molecule has 2 aromatic rings. The molecule has 0 aliphatic heterocycles. The van der Waals surface area contributed by atoms with E-state index in [9.17, 15) is 4.39 Å². The number of aromatic nitrogens is 1. The van der Waals surface area contributed by atoms with Crippen LogP contribution in [0.15, 0.2) is 36.7 Å². The molecule has 0 atom stereocenters. The highest BCUT2D eigenvalue weighted by Gasteiger charge is 2.04. The zero-order valence-corrected chi connectivity index (χ0v) is 11.8. The van der Waals surface area contributed by atoms with Gasteiger partial charge in [-0.1, -0.05) is 13.0 Å². The third-order valence-electron chi connectivity index (χ3n) is 2.90. The number of rotatable bonds is 6. The van der Waals surface area contributed by atoms with E-state index in [2.05, 4.69) is 17.2 Å². The molecule has 0 unspecified atom stereocenters. The number of nitrogens with one attached hydrogen (secondary N) is 1. The van der Waals surface area contributed by atoms with Crippen LogP contribution in [0, 0.1) is 12.7 Å². The number of aryl methyl sites for hydroxylation is 1. The zero-order valence-electron chi connectivity index (χ0n) is 11.8. The normalized spacial score (nSPS) is 10.6. The van der Waals surface area contributed by atoms with Crippen LogP contribution in [0.2, 0.25) is 0 Å². The van der Waals surface area contributed by atoms with Crippen molar-refractivity contribution in [2.45, 2.75) is 26.8 Å². The fraction of sp³-hybridized carbons (Fsp3) is 0.312. The Morgan fingerprint density at radius 3 is 2.90 bits per heavy atom. The van der Waals surface area contributed by atoms with Crippen molar-refractivity contribution in [1.82, 2.24) is 10.3 Å². The Morgan fingerprint density at radius 1 is 1.25 bits per heavy atom. The van der Waals surface area contributed by atoms with Crippen molar-refractivity contribution < 1.29 is 9.13 Å². The minimum absolute atomic E-state index is 0.306. The number of hydrogen-bond acceptors (Lipinski definition) is 3. The minimum atomic E-state index is -0.306. The maximum atomic E-state index is 13.2.